The first-order valence-corrected chi connectivity index (χ1v) is 11.0. The van der Waals surface area contributed by atoms with E-state index >= 15 is 0 Å². The van der Waals surface area contributed by atoms with Crippen LogP contribution in [0.3, 0.4) is 0 Å². The summed E-state index contributed by atoms with van der Waals surface area (Å²) in [5.74, 6) is -1.31. The molecule has 0 unspecified atom stereocenters. The van der Waals surface area contributed by atoms with Crippen molar-refractivity contribution in [1.29, 1.82) is 0 Å². The lowest BCUT2D eigenvalue weighted by Gasteiger charge is -2.16. The summed E-state index contributed by atoms with van der Waals surface area (Å²) in [5.41, 5.74) is 5.76. The topological polar surface area (TPSA) is 147 Å². The third-order valence-electron chi connectivity index (χ3n) is 3.47. The Bertz CT molecular complexity index is 1120. The van der Waals surface area contributed by atoms with E-state index in [1.807, 2.05) is 0 Å². The van der Waals surface area contributed by atoms with Gasteiger partial charge in [0.05, 0.1) is 0 Å². The molecule has 0 heterocycles. The number of amides is 1. The van der Waals surface area contributed by atoms with Gasteiger partial charge in [0.1, 0.15) is 9.79 Å². The number of carbonyl (C=O) groups excluding carboxylic acids is 2. The van der Waals surface area contributed by atoms with Crippen LogP contribution in [0.2, 0.25) is 0 Å². The van der Waals surface area contributed by atoms with Crippen LogP contribution in [0.4, 0.5) is 4.79 Å². The summed E-state index contributed by atoms with van der Waals surface area (Å²) in [6.45, 7) is 1.04. The van der Waals surface area contributed by atoms with Crippen molar-refractivity contribution in [2.75, 3.05) is 6.26 Å². The van der Waals surface area contributed by atoms with E-state index in [1.165, 1.54) is 6.07 Å². The van der Waals surface area contributed by atoms with Gasteiger partial charge in [0.2, 0.25) is 0 Å². The van der Waals surface area contributed by atoms with Crippen molar-refractivity contribution in [3.63, 3.8) is 0 Å². The summed E-state index contributed by atoms with van der Waals surface area (Å²) in [5, 5.41) is 0. The summed E-state index contributed by atoms with van der Waals surface area (Å²) in [7, 11) is -9.10. The molecule has 2 rings (SSSR count). The summed E-state index contributed by atoms with van der Waals surface area (Å²) < 4.78 is 58.5. The Kier molecular flexibility index (Phi) is 6.10. The molecule has 2 aromatic carbocycles. The number of hydrogen-bond donors (Lipinski definition) is 1. The Balaban J connectivity index is 2.80. The van der Waals surface area contributed by atoms with Crippen LogP contribution in [0.25, 0.3) is 0 Å². The molecular weight excluding hydrogens is 410 g/mol. The SMILES string of the molecule is CC(=O)Oc1c(Cc2ccccc2)ccc(S(=O)(=O)OC(N)=O)c1S(C)(=O)=O. The summed E-state index contributed by atoms with van der Waals surface area (Å²) >= 11 is 0. The fourth-order valence-electron chi connectivity index (χ4n) is 2.50. The zero-order chi connectivity index (χ0) is 21.1. The molecule has 0 aliphatic carbocycles. The molecule has 0 spiro atoms. The van der Waals surface area contributed by atoms with Gasteiger partial charge in [-0.3, -0.25) is 4.79 Å². The largest absolute Gasteiger partial charge is 0.425 e. The highest BCUT2D eigenvalue weighted by Crippen LogP contribution is 2.36. The molecule has 0 aliphatic rings. The van der Waals surface area contributed by atoms with Crippen LogP contribution in [-0.2, 0) is 35.4 Å². The number of ether oxygens (including phenoxy) is 1. The molecule has 0 saturated carbocycles. The van der Waals surface area contributed by atoms with Gasteiger partial charge in [0, 0.05) is 25.2 Å². The van der Waals surface area contributed by atoms with Crippen LogP contribution in [-0.4, -0.2) is 35.2 Å². The van der Waals surface area contributed by atoms with Gasteiger partial charge in [-0.25, -0.2) is 13.2 Å². The van der Waals surface area contributed by atoms with Gasteiger partial charge in [0.15, 0.2) is 15.6 Å². The minimum Gasteiger partial charge on any atom is -0.425 e. The second kappa shape index (κ2) is 7.98. The lowest BCUT2D eigenvalue weighted by molar-refractivity contribution is -0.132. The zero-order valence-corrected chi connectivity index (χ0v) is 16.5. The number of sulfone groups is 1. The second-order valence-corrected chi connectivity index (χ2v) is 9.23. The summed E-state index contributed by atoms with van der Waals surface area (Å²) in [6, 6.07) is 11.1. The fourth-order valence-corrected chi connectivity index (χ4v) is 5.06. The maximum atomic E-state index is 12.4. The molecule has 0 atom stereocenters. The van der Waals surface area contributed by atoms with Crippen molar-refractivity contribution in [1.82, 2.24) is 0 Å². The first-order valence-electron chi connectivity index (χ1n) is 7.74. The average Bonchev–Trinajstić information content (AvgIpc) is 2.54. The van der Waals surface area contributed by atoms with Crippen LogP contribution in [0.1, 0.15) is 18.1 Å². The lowest BCUT2D eigenvalue weighted by atomic mass is 10.0. The Hall–Kier alpha value is -2.92. The van der Waals surface area contributed by atoms with Gasteiger partial charge >= 0.3 is 22.2 Å². The number of esters is 1. The third-order valence-corrected chi connectivity index (χ3v) is 6.01. The number of rotatable bonds is 6. The van der Waals surface area contributed by atoms with Gasteiger partial charge in [0.25, 0.3) is 0 Å². The summed E-state index contributed by atoms with van der Waals surface area (Å²) in [4.78, 5) is 20.8. The standard InChI is InChI=1S/C17H17NO8S2/c1-11(19)25-15-13(10-12-6-4-3-5-7-12)8-9-14(16(15)27(2,21)22)28(23,24)26-17(18)20/h3-9H,10H2,1-2H3,(H2,18,20). The zero-order valence-electron chi connectivity index (χ0n) is 14.9. The number of primary amides is 1. The first-order chi connectivity index (χ1) is 12.9. The predicted octanol–water partition coefficient (Wildman–Crippen LogP) is 1.39. The monoisotopic (exact) mass is 427 g/mol. The quantitative estimate of drug-likeness (QED) is 0.413. The van der Waals surface area contributed by atoms with E-state index < -0.39 is 47.6 Å². The Labute approximate surface area is 162 Å². The normalized spacial score (nSPS) is 11.6. The maximum absolute atomic E-state index is 12.4. The lowest BCUT2D eigenvalue weighted by Crippen LogP contribution is -2.21. The highest BCUT2D eigenvalue weighted by molar-refractivity contribution is 7.92. The molecule has 1 amide bonds. The van der Waals surface area contributed by atoms with Crippen LogP contribution in [0.15, 0.2) is 52.3 Å². The van der Waals surface area contributed by atoms with E-state index in [9.17, 15) is 26.4 Å². The molecule has 0 radical (unpaired) electrons. The Morgan fingerprint density at radius 2 is 1.61 bits per heavy atom. The van der Waals surface area contributed by atoms with Gasteiger partial charge in [-0.05, 0) is 11.6 Å². The molecule has 2 aromatic rings. The molecular formula is C17H17NO8S2. The van der Waals surface area contributed by atoms with E-state index in [4.69, 9.17) is 10.5 Å². The highest BCUT2D eigenvalue weighted by atomic mass is 32.2. The first kappa shape index (κ1) is 21.4. The van der Waals surface area contributed by atoms with Crippen molar-refractivity contribution in [3.05, 3.63) is 53.6 Å². The minimum atomic E-state index is -4.87. The average molecular weight is 427 g/mol. The molecule has 28 heavy (non-hydrogen) atoms. The molecule has 0 aliphatic heterocycles. The van der Waals surface area contributed by atoms with Gasteiger partial charge in [-0.2, -0.15) is 8.42 Å². The van der Waals surface area contributed by atoms with E-state index in [0.717, 1.165) is 24.8 Å². The second-order valence-electron chi connectivity index (χ2n) is 5.77. The van der Waals surface area contributed by atoms with Crippen LogP contribution < -0.4 is 10.5 Å². The molecule has 150 valence electrons. The molecule has 0 bridgehead atoms. The highest BCUT2D eigenvalue weighted by Gasteiger charge is 2.32. The molecule has 11 heteroatoms. The van der Waals surface area contributed by atoms with E-state index in [0.29, 0.717) is 0 Å². The third kappa shape index (κ3) is 5.08. The minimum absolute atomic E-state index is 0.156. The Morgan fingerprint density at radius 1 is 1.00 bits per heavy atom. The number of nitrogens with two attached hydrogens (primary N) is 1. The van der Waals surface area contributed by atoms with E-state index in [2.05, 4.69) is 4.18 Å². The van der Waals surface area contributed by atoms with Crippen molar-refractivity contribution >= 4 is 32.0 Å². The smallest absolute Gasteiger partial charge is 0.420 e. The Morgan fingerprint density at radius 3 is 2.11 bits per heavy atom. The number of hydrogen-bond acceptors (Lipinski definition) is 8. The van der Waals surface area contributed by atoms with Gasteiger partial charge < -0.3 is 14.7 Å². The number of benzene rings is 2. The fraction of sp³-hybridized carbons (Fsp3) is 0.176. The van der Waals surface area contributed by atoms with Gasteiger partial charge in [-0.1, -0.05) is 36.4 Å². The van der Waals surface area contributed by atoms with Crippen LogP contribution in [0, 0.1) is 0 Å². The molecule has 9 nitrogen and oxygen atoms in total. The van der Waals surface area contributed by atoms with E-state index in [-0.39, 0.29) is 12.0 Å². The van der Waals surface area contributed by atoms with Crippen molar-refractivity contribution < 1.29 is 35.3 Å². The molecule has 0 fully saturated rings. The van der Waals surface area contributed by atoms with Crippen molar-refractivity contribution in [3.8, 4) is 5.75 Å². The molecule has 0 saturated heterocycles. The predicted molar refractivity (Wildman–Crippen MR) is 98.0 cm³/mol. The van der Waals surface area contributed by atoms with E-state index in [1.54, 1.807) is 30.3 Å². The molecule has 0 aromatic heterocycles. The van der Waals surface area contributed by atoms with Gasteiger partial charge in [-0.15, -0.1) is 0 Å². The van der Waals surface area contributed by atoms with Crippen LogP contribution in [0.5, 0.6) is 5.75 Å². The maximum Gasteiger partial charge on any atom is 0.420 e. The summed E-state index contributed by atoms with van der Waals surface area (Å²) in [6.07, 6.45) is -0.740. The number of carbonyl (C=O) groups is 2. The van der Waals surface area contributed by atoms with Crippen molar-refractivity contribution in [2.24, 2.45) is 5.73 Å². The van der Waals surface area contributed by atoms with Crippen LogP contribution >= 0.6 is 0 Å². The van der Waals surface area contributed by atoms with Crippen molar-refractivity contribution in [2.45, 2.75) is 23.1 Å². The molecule has 2 N–H and O–H groups in total.